The molecule has 1 fully saturated rings. The van der Waals surface area contributed by atoms with Crippen LogP contribution in [0.3, 0.4) is 0 Å². The standard InChI is InChI=1S/C16H25NO2/c1-17(15-6-4-3-5-7-16(15)18)12-13-8-10-14(19-2)11-9-13/h8-11,15-16,18H,3-7,12H2,1-2H3. The molecule has 0 saturated heterocycles. The van der Waals surface area contributed by atoms with Crippen molar-refractivity contribution in [3.05, 3.63) is 29.8 Å². The minimum absolute atomic E-state index is 0.175. The summed E-state index contributed by atoms with van der Waals surface area (Å²) >= 11 is 0. The number of nitrogens with zero attached hydrogens (tertiary/aromatic N) is 1. The van der Waals surface area contributed by atoms with Gasteiger partial charge in [0.2, 0.25) is 0 Å². The Balaban J connectivity index is 1.96. The molecule has 0 spiro atoms. The lowest BCUT2D eigenvalue weighted by Crippen LogP contribution is -2.40. The molecule has 0 aromatic heterocycles. The second kappa shape index (κ2) is 6.92. The first-order valence-electron chi connectivity index (χ1n) is 7.22. The Morgan fingerprint density at radius 3 is 2.53 bits per heavy atom. The highest BCUT2D eigenvalue weighted by atomic mass is 16.5. The zero-order valence-electron chi connectivity index (χ0n) is 12.0. The van der Waals surface area contributed by atoms with Gasteiger partial charge in [-0.1, -0.05) is 31.4 Å². The SMILES string of the molecule is COc1ccc(CN(C)C2CCCCCC2O)cc1. The molecule has 1 N–H and O–H groups in total. The first-order chi connectivity index (χ1) is 9.20. The van der Waals surface area contributed by atoms with Gasteiger partial charge in [-0.05, 0) is 37.6 Å². The maximum Gasteiger partial charge on any atom is 0.118 e. The van der Waals surface area contributed by atoms with Crippen molar-refractivity contribution in [3.8, 4) is 5.75 Å². The lowest BCUT2D eigenvalue weighted by molar-refractivity contribution is 0.0544. The molecule has 0 amide bonds. The van der Waals surface area contributed by atoms with Crippen LogP contribution in [0.25, 0.3) is 0 Å². The quantitative estimate of drug-likeness (QED) is 0.848. The van der Waals surface area contributed by atoms with Gasteiger partial charge >= 0.3 is 0 Å². The maximum absolute atomic E-state index is 10.2. The first-order valence-corrected chi connectivity index (χ1v) is 7.22. The number of aliphatic hydroxyl groups excluding tert-OH is 1. The average Bonchev–Trinajstić information content (AvgIpc) is 2.64. The minimum atomic E-state index is -0.175. The van der Waals surface area contributed by atoms with Gasteiger partial charge in [0.1, 0.15) is 5.75 Å². The van der Waals surface area contributed by atoms with Gasteiger partial charge in [-0.3, -0.25) is 4.90 Å². The fourth-order valence-electron chi connectivity index (χ4n) is 2.92. The molecule has 0 radical (unpaired) electrons. The van der Waals surface area contributed by atoms with Gasteiger partial charge in [-0.15, -0.1) is 0 Å². The van der Waals surface area contributed by atoms with Crippen LogP contribution in [-0.2, 0) is 6.54 Å². The topological polar surface area (TPSA) is 32.7 Å². The maximum atomic E-state index is 10.2. The molecule has 106 valence electrons. The summed E-state index contributed by atoms with van der Waals surface area (Å²) in [5.41, 5.74) is 1.26. The van der Waals surface area contributed by atoms with Crippen LogP contribution in [0.15, 0.2) is 24.3 Å². The fourth-order valence-corrected chi connectivity index (χ4v) is 2.92. The summed E-state index contributed by atoms with van der Waals surface area (Å²) in [5.74, 6) is 0.890. The van der Waals surface area contributed by atoms with Gasteiger partial charge in [0.25, 0.3) is 0 Å². The van der Waals surface area contributed by atoms with E-state index in [4.69, 9.17) is 4.74 Å². The molecule has 3 heteroatoms. The summed E-state index contributed by atoms with van der Waals surface area (Å²) < 4.78 is 5.17. The Hall–Kier alpha value is -1.06. The van der Waals surface area contributed by atoms with E-state index in [1.165, 1.54) is 18.4 Å². The summed E-state index contributed by atoms with van der Waals surface area (Å²) in [4.78, 5) is 2.29. The highest BCUT2D eigenvalue weighted by Crippen LogP contribution is 2.23. The second-order valence-corrected chi connectivity index (χ2v) is 5.54. The Labute approximate surface area is 116 Å². The van der Waals surface area contributed by atoms with E-state index in [0.717, 1.165) is 31.6 Å². The molecular weight excluding hydrogens is 238 g/mol. The number of hydrogen-bond acceptors (Lipinski definition) is 3. The van der Waals surface area contributed by atoms with Crippen LogP contribution in [0.5, 0.6) is 5.75 Å². The Bertz CT molecular complexity index is 377. The van der Waals surface area contributed by atoms with E-state index in [0.29, 0.717) is 6.04 Å². The van der Waals surface area contributed by atoms with Crippen LogP contribution in [-0.4, -0.2) is 36.3 Å². The van der Waals surface area contributed by atoms with Crippen molar-refractivity contribution in [2.75, 3.05) is 14.2 Å². The van der Waals surface area contributed by atoms with E-state index in [-0.39, 0.29) is 6.10 Å². The predicted molar refractivity (Wildman–Crippen MR) is 77.3 cm³/mol. The van der Waals surface area contributed by atoms with Gasteiger partial charge in [0, 0.05) is 12.6 Å². The number of benzene rings is 1. The molecule has 19 heavy (non-hydrogen) atoms. The molecule has 2 atom stereocenters. The molecule has 2 unspecified atom stereocenters. The zero-order valence-corrected chi connectivity index (χ0v) is 12.0. The number of aliphatic hydroxyl groups is 1. The molecule has 0 heterocycles. The van der Waals surface area contributed by atoms with E-state index < -0.39 is 0 Å². The highest BCUT2D eigenvalue weighted by molar-refractivity contribution is 5.27. The first kappa shape index (κ1) is 14.4. The van der Waals surface area contributed by atoms with Crippen LogP contribution >= 0.6 is 0 Å². The third-order valence-electron chi connectivity index (χ3n) is 4.10. The van der Waals surface area contributed by atoms with Crippen LogP contribution in [0.4, 0.5) is 0 Å². The van der Waals surface area contributed by atoms with Gasteiger partial charge < -0.3 is 9.84 Å². The molecule has 1 aliphatic rings. The van der Waals surface area contributed by atoms with Crippen LogP contribution < -0.4 is 4.74 Å². The Kier molecular flexibility index (Phi) is 5.23. The van der Waals surface area contributed by atoms with E-state index in [1.54, 1.807) is 7.11 Å². The number of hydrogen-bond donors (Lipinski definition) is 1. The monoisotopic (exact) mass is 263 g/mol. The van der Waals surface area contributed by atoms with Crippen molar-refractivity contribution in [2.45, 2.75) is 50.8 Å². The number of likely N-dealkylation sites (N-methyl/N-ethyl adjacent to an activating group) is 1. The normalized spacial score (nSPS) is 24.2. The number of rotatable bonds is 4. The van der Waals surface area contributed by atoms with E-state index >= 15 is 0 Å². The summed E-state index contributed by atoms with van der Waals surface area (Å²) in [7, 11) is 3.80. The second-order valence-electron chi connectivity index (χ2n) is 5.54. The summed E-state index contributed by atoms with van der Waals surface area (Å²) in [6.45, 7) is 0.881. The van der Waals surface area contributed by atoms with Gasteiger partial charge in [0.15, 0.2) is 0 Å². The number of methoxy groups -OCH3 is 1. The Morgan fingerprint density at radius 1 is 1.16 bits per heavy atom. The summed E-state index contributed by atoms with van der Waals surface area (Å²) in [5, 5.41) is 10.2. The van der Waals surface area contributed by atoms with Crippen molar-refractivity contribution in [1.29, 1.82) is 0 Å². The van der Waals surface area contributed by atoms with Crippen molar-refractivity contribution < 1.29 is 9.84 Å². The number of ether oxygens (including phenoxy) is 1. The largest absolute Gasteiger partial charge is 0.497 e. The molecule has 1 saturated carbocycles. The fraction of sp³-hybridized carbons (Fsp3) is 0.625. The lowest BCUT2D eigenvalue weighted by atomic mass is 10.0. The Morgan fingerprint density at radius 2 is 1.84 bits per heavy atom. The van der Waals surface area contributed by atoms with Gasteiger partial charge in [-0.25, -0.2) is 0 Å². The van der Waals surface area contributed by atoms with E-state index in [1.807, 2.05) is 12.1 Å². The summed E-state index contributed by atoms with van der Waals surface area (Å²) in [6.07, 6.45) is 5.52. The molecular formula is C16H25NO2. The minimum Gasteiger partial charge on any atom is -0.497 e. The van der Waals surface area contributed by atoms with Crippen LogP contribution in [0.2, 0.25) is 0 Å². The van der Waals surface area contributed by atoms with Crippen molar-refractivity contribution in [3.63, 3.8) is 0 Å². The van der Waals surface area contributed by atoms with E-state index in [9.17, 15) is 5.11 Å². The zero-order chi connectivity index (χ0) is 13.7. The van der Waals surface area contributed by atoms with Crippen LogP contribution in [0, 0.1) is 0 Å². The van der Waals surface area contributed by atoms with Crippen molar-refractivity contribution in [1.82, 2.24) is 4.90 Å². The average molecular weight is 263 g/mol. The molecule has 3 nitrogen and oxygen atoms in total. The molecule has 1 aromatic rings. The van der Waals surface area contributed by atoms with Gasteiger partial charge in [-0.2, -0.15) is 0 Å². The van der Waals surface area contributed by atoms with Crippen LogP contribution in [0.1, 0.15) is 37.7 Å². The third kappa shape index (κ3) is 3.95. The molecule has 2 rings (SSSR count). The van der Waals surface area contributed by atoms with Crippen molar-refractivity contribution in [2.24, 2.45) is 0 Å². The highest BCUT2D eigenvalue weighted by Gasteiger charge is 2.25. The molecule has 1 aromatic carbocycles. The molecule has 1 aliphatic carbocycles. The molecule has 0 bridgehead atoms. The van der Waals surface area contributed by atoms with Gasteiger partial charge in [0.05, 0.1) is 13.2 Å². The third-order valence-corrected chi connectivity index (χ3v) is 4.10. The van der Waals surface area contributed by atoms with Crippen molar-refractivity contribution >= 4 is 0 Å². The lowest BCUT2D eigenvalue weighted by Gasteiger charge is -2.30. The molecule has 0 aliphatic heterocycles. The predicted octanol–water partition coefficient (Wildman–Crippen LogP) is 2.82. The summed E-state index contributed by atoms with van der Waals surface area (Å²) in [6, 6.07) is 8.47. The van der Waals surface area contributed by atoms with E-state index in [2.05, 4.69) is 24.1 Å². The smallest absolute Gasteiger partial charge is 0.118 e.